The summed E-state index contributed by atoms with van der Waals surface area (Å²) in [6.45, 7) is 6.00. The normalized spacial score (nSPS) is 10.8. The van der Waals surface area contributed by atoms with Crippen molar-refractivity contribution < 1.29 is 23.8 Å². The largest absolute Gasteiger partial charge is 0.711 e. The van der Waals surface area contributed by atoms with Crippen molar-refractivity contribution in [1.29, 1.82) is 0 Å². The molecule has 0 aromatic carbocycles. The average molecular weight is 325 g/mol. The van der Waals surface area contributed by atoms with Gasteiger partial charge in [0.25, 0.3) is 5.82 Å². The highest BCUT2D eigenvalue weighted by molar-refractivity contribution is 5.72. The lowest BCUT2D eigenvalue weighted by molar-refractivity contribution is -0.590. The van der Waals surface area contributed by atoms with Gasteiger partial charge in [0.05, 0.1) is 26.3 Å². The standard InChI is InChI=1S/C15H23N3O5/c1-15(2,3)23-14(20)17-8-7-16-12-6-5-11(10-18(12)21)9-13(19)22-4/h5-6,10,16H,7-9H2,1-4H3,(H,17,20). The summed E-state index contributed by atoms with van der Waals surface area (Å²) in [7, 11) is 1.29. The molecule has 23 heavy (non-hydrogen) atoms. The Morgan fingerprint density at radius 1 is 1.26 bits per heavy atom. The Kier molecular flexibility index (Phi) is 6.62. The minimum Gasteiger partial charge on any atom is -0.711 e. The molecule has 0 bridgehead atoms. The second kappa shape index (κ2) is 8.21. The zero-order chi connectivity index (χ0) is 17.5. The van der Waals surface area contributed by atoms with Crippen LogP contribution in [0.2, 0.25) is 0 Å². The summed E-state index contributed by atoms with van der Waals surface area (Å²) in [6.07, 6.45) is 0.836. The van der Waals surface area contributed by atoms with Crippen molar-refractivity contribution in [3.8, 4) is 0 Å². The Labute approximate surface area is 135 Å². The van der Waals surface area contributed by atoms with Crippen molar-refractivity contribution in [2.24, 2.45) is 0 Å². The van der Waals surface area contributed by atoms with Gasteiger partial charge >= 0.3 is 12.1 Å². The van der Waals surface area contributed by atoms with Crippen molar-refractivity contribution in [2.75, 3.05) is 25.5 Å². The fourth-order valence-corrected chi connectivity index (χ4v) is 1.67. The zero-order valence-corrected chi connectivity index (χ0v) is 13.8. The highest BCUT2D eigenvalue weighted by Gasteiger charge is 2.15. The Hall–Kier alpha value is -2.51. The SMILES string of the molecule is COC(=O)Cc1ccc(NCCNC(=O)OC(C)(C)C)[n+]([O-])c1. The van der Waals surface area contributed by atoms with Gasteiger partial charge in [-0.15, -0.1) is 0 Å². The van der Waals surface area contributed by atoms with Gasteiger partial charge in [-0.1, -0.05) is 0 Å². The molecule has 0 unspecified atom stereocenters. The van der Waals surface area contributed by atoms with E-state index < -0.39 is 17.7 Å². The van der Waals surface area contributed by atoms with Crippen LogP contribution in [0, 0.1) is 5.21 Å². The molecule has 0 fully saturated rings. The van der Waals surface area contributed by atoms with Crippen molar-refractivity contribution in [3.05, 3.63) is 29.1 Å². The van der Waals surface area contributed by atoms with E-state index in [2.05, 4.69) is 15.4 Å². The molecule has 0 aliphatic heterocycles. The van der Waals surface area contributed by atoms with E-state index in [4.69, 9.17) is 4.74 Å². The van der Waals surface area contributed by atoms with Crippen LogP contribution in [-0.4, -0.2) is 37.9 Å². The Balaban J connectivity index is 2.41. The fraction of sp³-hybridized carbons (Fsp3) is 0.533. The molecule has 1 aromatic rings. The van der Waals surface area contributed by atoms with Gasteiger partial charge in [0.15, 0.2) is 0 Å². The molecule has 8 nitrogen and oxygen atoms in total. The van der Waals surface area contributed by atoms with Crippen LogP contribution in [0.4, 0.5) is 10.6 Å². The molecule has 0 aliphatic rings. The number of alkyl carbamates (subject to hydrolysis) is 1. The number of ether oxygens (including phenoxy) is 2. The summed E-state index contributed by atoms with van der Waals surface area (Å²) >= 11 is 0. The average Bonchev–Trinajstić information content (AvgIpc) is 2.43. The number of rotatable bonds is 6. The minimum atomic E-state index is -0.551. The molecule has 0 saturated heterocycles. The molecule has 1 heterocycles. The van der Waals surface area contributed by atoms with Gasteiger partial charge in [0, 0.05) is 11.6 Å². The summed E-state index contributed by atoms with van der Waals surface area (Å²) in [5, 5.41) is 17.3. The lowest BCUT2D eigenvalue weighted by atomic mass is 10.2. The molecule has 0 radical (unpaired) electrons. The van der Waals surface area contributed by atoms with Gasteiger partial charge in [-0.3, -0.25) is 10.1 Å². The molecular weight excluding hydrogens is 302 g/mol. The molecular formula is C15H23N3O5. The first-order valence-electron chi connectivity index (χ1n) is 7.21. The summed E-state index contributed by atoms with van der Waals surface area (Å²) < 4.78 is 10.3. The maximum atomic E-state index is 11.8. The van der Waals surface area contributed by atoms with Crippen LogP contribution >= 0.6 is 0 Å². The Bertz CT molecular complexity index is 555. The summed E-state index contributed by atoms with van der Waals surface area (Å²) in [5.41, 5.74) is 0.00894. The maximum absolute atomic E-state index is 11.8. The van der Waals surface area contributed by atoms with Crippen molar-refractivity contribution in [2.45, 2.75) is 32.8 Å². The van der Waals surface area contributed by atoms with Crippen LogP contribution in [0.5, 0.6) is 0 Å². The number of hydrogen-bond acceptors (Lipinski definition) is 6. The molecule has 128 valence electrons. The molecule has 2 N–H and O–H groups in total. The van der Waals surface area contributed by atoms with E-state index in [-0.39, 0.29) is 6.42 Å². The van der Waals surface area contributed by atoms with Crippen LogP contribution in [0.3, 0.4) is 0 Å². The van der Waals surface area contributed by atoms with Gasteiger partial charge in [-0.05, 0) is 26.8 Å². The lowest BCUT2D eigenvalue weighted by Gasteiger charge is -2.19. The van der Waals surface area contributed by atoms with Gasteiger partial charge in [-0.25, -0.2) is 9.52 Å². The molecule has 1 aromatic heterocycles. The number of carbonyl (C=O) groups is 2. The van der Waals surface area contributed by atoms with Crippen LogP contribution in [0.15, 0.2) is 18.3 Å². The lowest BCUT2D eigenvalue weighted by Crippen LogP contribution is -2.37. The zero-order valence-electron chi connectivity index (χ0n) is 13.8. The molecule has 0 atom stereocenters. The van der Waals surface area contributed by atoms with E-state index in [0.717, 1.165) is 0 Å². The molecule has 1 rings (SSSR count). The first-order valence-corrected chi connectivity index (χ1v) is 7.21. The van der Waals surface area contributed by atoms with E-state index in [9.17, 15) is 14.8 Å². The quantitative estimate of drug-likeness (QED) is 0.350. The van der Waals surface area contributed by atoms with Crippen molar-refractivity contribution >= 4 is 17.9 Å². The molecule has 1 amide bonds. The van der Waals surface area contributed by atoms with Crippen molar-refractivity contribution in [3.63, 3.8) is 0 Å². The summed E-state index contributed by atoms with van der Waals surface area (Å²) in [6, 6.07) is 3.23. The number of pyridine rings is 1. The molecule has 0 spiro atoms. The van der Waals surface area contributed by atoms with Gasteiger partial charge in [0.2, 0.25) is 0 Å². The number of amides is 1. The highest BCUT2D eigenvalue weighted by atomic mass is 16.6. The number of carbonyl (C=O) groups excluding carboxylic acids is 2. The predicted octanol–water partition coefficient (Wildman–Crippen LogP) is 0.972. The summed E-state index contributed by atoms with van der Waals surface area (Å²) in [5.74, 6) is -0.0862. The first kappa shape index (κ1) is 18.5. The second-order valence-electron chi connectivity index (χ2n) is 5.86. The number of aromatic nitrogens is 1. The Morgan fingerprint density at radius 3 is 2.52 bits per heavy atom. The van der Waals surface area contributed by atoms with E-state index in [1.165, 1.54) is 13.3 Å². The molecule has 8 heteroatoms. The second-order valence-corrected chi connectivity index (χ2v) is 5.86. The maximum Gasteiger partial charge on any atom is 0.407 e. The molecule has 0 saturated carbocycles. The van der Waals surface area contributed by atoms with Gasteiger partial charge in [0.1, 0.15) is 12.1 Å². The van der Waals surface area contributed by atoms with E-state index >= 15 is 0 Å². The number of hydrogen-bond donors (Lipinski definition) is 2. The molecule has 0 aliphatic carbocycles. The third-order valence-electron chi connectivity index (χ3n) is 2.65. The number of nitrogens with one attached hydrogen (secondary N) is 2. The smallest absolute Gasteiger partial charge is 0.407 e. The van der Waals surface area contributed by atoms with Crippen LogP contribution in [-0.2, 0) is 20.7 Å². The van der Waals surface area contributed by atoms with E-state index in [0.29, 0.717) is 29.2 Å². The Morgan fingerprint density at radius 2 is 1.96 bits per heavy atom. The van der Waals surface area contributed by atoms with Gasteiger partial charge in [-0.2, -0.15) is 0 Å². The highest BCUT2D eigenvalue weighted by Crippen LogP contribution is 2.06. The summed E-state index contributed by atoms with van der Waals surface area (Å²) in [4.78, 5) is 22.6. The number of esters is 1. The van der Waals surface area contributed by atoms with E-state index in [1.54, 1.807) is 32.9 Å². The number of methoxy groups -OCH3 is 1. The number of nitrogens with zero attached hydrogens (tertiary/aromatic N) is 1. The van der Waals surface area contributed by atoms with Gasteiger partial charge < -0.3 is 20.0 Å². The monoisotopic (exact) mass is 325 g/mol. The van der Waals surface area contributed by atoms with Crippen LogP contribution < -0.4 is 15.4 Å². The van der Waals surface area contributed by atoms with E-state index in [1.807, 2.05) is 0 Å². The van der Waals surface area contributed by atoms with Crippen molar-refractivity contribution in [1.82, 2.24) is 5.32 Å². The third-order valence-corrected chi connectivity index (χ3v) is 2.65. The third kappa shape index (κ3) is 7.35. The minimum absolute atomic E-state index is 0.0409. The first-order chi connectivity index (χ1) is 10.7. The van der Waals surface area contributed by atoms with Crippen LogP contribution in [0.1, 0.15) is 26.3 Å². The number of anilines is 1. The predicted molar refractivity (Wildman–Crippen MR) is 83.8 cm³/mol. The van der Waals surface area contributed by atoms with Crippen LogP contribution in [0.25, 0.3) is 0 Å². The fourth-order valence-electron chi connectivity index (χ4n) is 1.67. The topological polar surface area (TPSA) is 104 Å².